The lowest BCUT2D eigenvalue weighted by molar-refractivity contribution is -0.139. The molecule has 0 aromatic rings. The molecule has 124 valence electrons. The van der Waals surface area contributed by atoms with Gasteiger partial charge in [-0.05, 0) is 43.4 Å². The van der Waals surface area contributed by atoms with Crippen molar-refractivity contribution in [3.05, 3.63) is 0 Å². The van der Waals surface area contributed by atoms with E-state index in [1.165, 1.54) is 38.5 Å². The Morgan fingerprint density at radius 2 is 1.77 bits per heavy atom. The summed E-state index contributed by atoms with van der Waals surface area (Å²) in [5.74, 6) is 0.357. The highest BCUT2D eigenvalue weighted by Crippen LogP contribution is 2.59. The summed E-state index contributed by atoms with van der Waals surface area (Å²) in [5, 5.41) is 9.11. The summed E-state index contributed by atoms with van der Waals surface area (Å²) in [7, 11) is 0. The molecule has 0 aromatic heterocycles. The zero-order chi connectivity index (χ0) is 15.6. The minimum absolute atomic E-state index is 0.0325. The molecule has 0 radical (unpaired) electrons. The van der Waals surface area contributed by atoms with Gasteiger partial charge in [-0.3, -0.25) is 9.59 Å². The second-order valence-corrected chi connectivity index (χ2v) is 7.73. The van der Waals surface area contributed by atoms with E-state index in [9.17, 15) is 9.59 Å². The summed E-state index contributed by atoms with van der Waals surface area (Å²) in [6.45, 7) is 1.54. The van der Waals surface area contributed by atoms with Crippen LogP contribution in [0.25, 0.3) is 0 Å². The molecular weight excluding hydrogens is 278 g/mol. The summed E-state index contributed by atoms with van der Waals surface area (Å²) in [6.07, 6.45) is 12.4. The maximum absolute atomic E-state index is 12.3. The summed E-state index contributed by atoms with van der Waals surface area (Å²) in [6, 6.07) is 0. The summed E-state index contributed by atoms with van der Waals surface area (Å²) >= 11 is 0. The van der Waals surface area contributed by atoms with Gasteiger partial charge in [-0.1, -0.05) is 32.1 Å². The van der Waals surface area contributed by atoms with Crippen LogP contribution < -0.4 is 0 Å². The lowest BCUT2D eigenvalue weighted by atomic mass is 9.85. The number of aliphatic carboxylic acids is 1. The maximum atomic E-state index is 12.3. The van der Waals surface area contributed by atoms with E-state index in [0.717, 1.165) is 44.7 Å². The molecule has 0 aromatic carbocycles. The Balaban J connectivity index is 1.35. The fourth-order valence-corrected chi connectivity index (χ4v) is 4.63. The Hall–Kier alpha value is -1.06. The third-order valence-electron chi connectivity index (χ3n) is 6.33. The fourth-order valence-electron chi connectivity index (χ4n) is 4.63. The number of nitrogens with zero attached hydrogens (tertiary/aromatic N) is 1. The van der Waals surface area contributed by atoms with Crippen molar-refractivity contribution in [3.63, 3.8) is 0 Å². The average molecular weight is 307 g/mol. The predicted octanol–water partition coefficient (Wildman–Crippen LogP) is 3.45. The topological polar surface area (TPSA) is 57.6 Å². The Labute approximate surface area is 133 Å². The van der Waals surface area contributed by atoms with Crippen LogP contribution in [-0.4, -0.2) is 35.0 Å². The molecule has 1 N–H and O–H groups in total. The monoisotopic (exact) mass is 307 g/mol. The number of carbonyl (C=O) groups excluding carboxylic acids is 1. The maximum Gasteiger partial charge on any atom is 0.307 e. The van der Waals surface area contributed by atoms with Gasteiger partial charge in [0.2, 0.25) is 5.91 Å². The fraction of sp³-hybridized carbons (Fsp3) is 0.889. The van der Waals surface area contributed by atoms with E-state index in [0.29, 0.717) is 6.42 Å². The molecule has 1 aliphatic heterocycles. The van der Waals surface area contributed by atoms with Crippen LogP contribution in [0.1, 0.15) is 70.6 Å². The van der Waals surface area contributed by atoms with Crippen molar-refractivity contribution in [2.45, 2.75) is 70.6 Å². The van der Waals surface area contributed by atoms with Crippen molar-refractivity contribution < 1.29 is 14.7 Å². The van der Waals surface area contributed by atoms with Crippen LogP contribution >= 0.6 is 0 Å². The predicted molar refractivity (Wildman–Crippen MR) is 84.4 cm³/mol. The molecule has 3 rings (SSSR count). The molecule has 22 heavy (non-hydrogen) atoms. The van der Waals surface area contributed by atoms with Crippen LogP contribution in [-0.2, 0) is 9.59 Å². The normalized spacial score (nSPS) is 27.8. The minimum Gasteiger partial charge on any atom is -0.481 e. The van der Waals surface area contributed by atoms with Crippen molar-refractivity contribution in [1.82, 2.24) is 4.90 Å². The highest BCUT2D eigenvalue weighted by atomic mass is 16.4. The van der Waals surface area contributed by atoms with Crippen molar-refractivity contribution >= 4 is 11.9 Å². The van der Waals surface area contributed by atoms with Gasteiger partial charge in [0.05, 0.1) is 5.92 Å². The molecule has 2 aliphatic carbocycles. The van der Waals surface area contributed by atoms with Gasteiger partial charge in [-0.25, -0.2) is 0 Å². The number of hydrogen-bond acceptors (Lipinski definition) is 2. The average Bonchev–Trinajstić information content (AvgIpc) is 3.23. The van der Waals surface area contributed by atoms with E-state index in [1.54, 1.807) is 0 Å². The quantitative estimate of drug-likeness (QED) is 0.846. The van der Waals surface area contributed by atoms with E-state index in [-0.39, 0.29) is 17.2 Å². The van der Waals surface area contributed by atoms with Gasteiger partial charge in [0, 0.05) is 19.5 Å². The Morgan fingerprint density at radius 1 is 1.09 bits per heavy atom. The molecule has 1 atom stereocenters. The van der Waals surface area contributed by atoms with Gasteiger partial charge in [-0.2, -0.15) is 0 Å². The second kappa shape index (κ2) is 6.59. The molecule has 4 nitrogen and oxygen atoms in total. The standard InChI is InChI=1S/C18H29NO3/c20-16(8-4-7-14-5-2-1-3-6-14)19-11-9-18(10-12-19)13-15(18)17(21)22/h14-15H,1-13H2,(H,21,22). The van der Waals surface area contributed by atoms with Crippen molar-refractivity contribution in [3.8, 4) is 0 Å². The summed E-state index contributed by atoms with van der Waals surface area (Å²) in [4.78, 5) is 25.3. The number of amides is 1. The molecular formula is C18H29NO3. The first-order chi connectivity index (χ1) is 10.6. The van der Waals surface area contributed by atoms with Crippen LogP contribution in [0.15, 0.2) is 0 Å². The molecule has 3 fully saturated rings. The number of carboxylic acid groups (broad SMARTS) is 1. The molecule has 1 saturated heterocycles. The molecule has 2 saturated carbocycles. The molecule has 1 spiro atoms. The number of rotatable bonds is 5. The largest absolute Gasteiger partial charge is 0.481 e. The third-order valence-corrected chi connectivity index (χ3v) is 6.33. The SMILES string of the molecule is O=C(O)C1CC12CCN(C(=O)CCCC1CCCCC1)CC2. The zero-order valence-corrected chi connectivity index (χ0v) is 13.6. The van der Waals surface area contributed by atoms with Gasteiger partial charge in [0.15, 0.2) is 0 Å². The van der Waals surface area contributed by atoms with Gasteiger partial charge < -0.3 is 10.0 Å². The number of hydrogen-bond donors (Lipinski definition) is 1. The summed E-state index contributed by atoms with van der Waals surface area (Å²) < 4.78 is 0. The molecule has 1 amide bonds. The zero-order valence-electron chi connectivity index (χ0n) is 13.6. The van der Waals surface area contributed by atoms with E-state index in [4.69, 9.17) is 5.11 Å². The highest BCUT2D eigenvalue weighted by molar-refractivity contribution is 5.77. The van der Waals surface area contributed by atoms with Gasteiger partial charge in [-0.15, -0.1) is 0 Å². The lowest BCUT2D eigenvalue weighted by Gasteiger charge is -2.33. The van der Waals surface area contributed by atoms with Crippen molar-refractivity contribution in [2.24, 2.45) is 17.3 Å². The number of piperidine rings is 1. The lowest BCUT2D eigenvalue weighted by Crippen LogP contribution is -2.39. The second-order valence-electron chi connectivity index (χ2n) is 7.73. The number of carbonyl (C=O) groups is 2. The van der Waals surface area contributed by atoms with Crippen LogP contribution in [0.2, 0.25) is 0 Å². The van der Waals surface area contributed by atoms with E-state index in [1.807, 2.05) is 4.90 Å². The Kier molecular flexibility index (Phi) is 4.74. The van der Waals surface area contributed by atoms with Gasteiger partial charge >= 0.3 is 5.97 Å². The molecule has 1 unspecified atom stereocenters. The van der Waals surface area contributed by atoms with E-state index >= 15 is 0 Å². The third kappa shape index (κ3) is 3.47. The first-order valence-corrected chi connectivity index (χ1v) is 9.11. The highest BCUT2D eigenvalue weighted by Gasteiger charge is 2.59. The minimum atomic E-state index is -0.646. The van der Waals surface area contributed by atoms with Crippen LogP contribution in [0.4, 0.5) is 0 Å². The Bertz CT molecular complexity index is 420. The Morgan fingerprint density at radius 3 is 2.36 bits per heavy atom. The van der Waals surface area contributed by atoms with E-state index in [2.05, 4.69) is 0 Å². The van der Waals surface area contributed by atoms with Crippen LogP contribution in [0.3, 0.4) is 0 Å². The van der Waals surface area contributed by atoms with Crippen molar-refractivity contribution in [2.75, 3.05) is 13.1 Å². The molecule has 3 aliphatic rings. The molecule has 4 heteroatoms. The van der Waals surface area contributed by atoms with Gasteiger partial charge in [0.1, 0.15) is 0 Å². The van der Waals surface area contributed by atoms with Crippen LogP contribution in [0, 0.1) is 17.3 Å². The molecule has 0 bridgehead atoms. The first kappa shape index (κ1) is 15.8. The summed E-state index contributed by atoms with van der Waals surface area (Å²) in [5.41, 5.74) is 0.0325. The first-order valence-electron chi connectivity index (χ1n) is 9.11. The van der Waals surface area contributed by atoms with Gasteiger partial charge in [0.25, 0.3) is 0 Å². The smallest absolute Gasteiger partial charge is 0.307 e. The number of carboxylic acids is 1. The molecule has 1 heterocycles. The van der Waals surface area contributed by atoms with Crippen molar-refractivity contribution in [1.29, 1.82) is 0 Å². The van der Waals surface area contributed by atoms with Crippen LogP contribution in [0.5, 0.6) is 0 Å². The number of likely N-dealkylation sites (tertiary alicyclic amines) is 1. The van der Waals surface area contributed by atoms with E-state index < -0.39 is 5.97 Å².